The third-order valence-electron chi connectivity index (χ3n) is 3.90. The Hall–Kier alpha value is -2.49. The van der Waals surface area contributed by atoms with Crippen molar-refractivity contribution in [3.8, 4) is 5.75 Å². The number of oxime groups is 1. The van der Waals surface area contributed by atoms with Crippen molar-refractivity contribution in [3.63, 3.8) is 0 Å². The number of benzene rings is 2. The van der Waals surface area contributed by atoms with E-state index < -0.39 is 0 Å². The molecule has 0 amide bonds. The first-order valence-electron chi connectivity index (χ1n) is 7.60. The second-order valence-electron chi connectivity index (χ2n) is 5.38. The van der Waals surface area contributed by atoms with Crippen LogP contribution >= 0.6 is 0 Å². The van der Waals surface area contributed by atoms with Crippen LogP contribution in [0.2, 0.25) is 0 Å². The second-order valence-corrected chi connectivity index (χ2v) is 5.38. The predicted octanol–water partition coefficient (Wildman–Crippen LogP) is 3.33. The molecule has 1 heterocycles. The Balaban J connectivity index is 1.59. The maximum absolute atomic E-state index is 8.57. The van der Waals surface area contributed by atoms with Crippen LogP contribution in [0, 0.1) is 0 Å². The van der Waals surface area contributed by atoms with Crippen molar-refractivity contribution in [1.82, 2.24) is 0 Å². The topological polar surface area (TPSA) is 45.1 Å². The standard InChI is InChI=1S/C18H20N2O2/c21-19-14-15-5-3-8-17(13-15)22-12-11-20-10-4-7-16-6-1-2-9-18(16)20/h1-3,5-6,8-9,13-14,21H,4,7,10-12H2. The quantitative estimate of drug-likeness (QED) is 0.523. The molecular weight excluding hydrogens is 276 g/mol. The number of nitrogens with zero attached hydrogens (tertiary/aromatic N) is 2. The van der Waals surface area contributed by atoms with Crippen molar-refractivity contribution in [2.24, 2.45) is 5.16 Å². The van der Waals surface area contributed by atoms with Gasteiger partial charge >= 0.3 is 0 Å². The number of rotatable bonds is 5. The lowest BCUT2D eigenvalue weighted by molar-refractivity contribution is 0.320. The van der Waals surface area contributed by atoms with Crippen molar-refractivity contribution < 1.29 is 9.94 Å². The molecule has 0 radical (unpaired) electrons. The largest absolute Gasteiger partial charge is 0.492 e. The molecule has 1 N–H and O–H groups in total. The van der Waals surface area contributed by atoms with Gasteiger partial charge in [0.25, 0.3) is 0 Å². The summed E-state index contributed by atoms with van der Waals surface area (Å²) in [5, 5.41) is 11.6. The number of hydrogen-bond donors (Lipinski definition) is 1. The number of fused-ring (bicyclic) bond motifs is 1. The average molecular weight is 296 g/mol. The van der Waals surface area contributed by atoms with E-state index in [1.165, 1.54) is 23.9 Å². The van der Waals surface area contributed by atoms with E-state index in [0.29, 0.717) is 6.61 Å². The molecule has 4 nitrogen and oxygen atoms in total. The molecule has 22 heavy (non-hydrogen) atoms. The van der Waals surface area contributed by atoms with Crippen LogP contribution in [0.3, 0.4) is 0 Å². The molecule has 0 unspecified atom stereocenters. The van der Waals surface area contributed by atoms with E-state index in [1.807, 2.05) is 24.3 Å². The minimum absolute atomic E-state index is 0.633. The van der Waals surface area contributed by atoms with Crippen molar-refractivity contribution in [2.45, 2.75) is 12.8 Å². The van der Waals surface area contributed by atoms with E-state index in [4.69, 9.17) is 9.94 Å². The molecule has 3 rings (SSSR count). The van der Waals surface area contributed by atoms with Gasteiger partial charge in [0.15, 0.2) is 0 Å². The molecule has 114 valence electrons. The van der Waals surface area contributed by atoms with Crippen molar-refractivity contribution >= 4 is 11.9 Å². The van der Waals surface area contributed by atoms with Crippen LogP contribution in [-0.2, 0) is 6.42 Å². The van der Waals surface area contributed by atoms with E-state index in [0.717, 1.165) is 30.8 Å². The van der Waals surface area contributed by atoms with Crippen molar-refractivity contribution in [3.05, 3.63) is 59.7 Å². The first kappa shape index (κ1) is 14.4. The zero-order valence-electron chi connectivity index (χ0n) is 12.5. The number of anilines is 1. The second kappa shape index (κ2) is 6.98. The summed E-state index contributed by atoms with van der Waals surface area (Å²) < 4.78 is 5.83. The lowest BCUT2D eigenvalue weighted by Crippen LogP contribution is -2.33. The fourth-order valence-electron chi connectivity index (χ4n) is 2.87. The van der Waals surface area contributed by atoms with Gasteiger partial charge in [-0.1, -0.05) is 35.5 Å². The number of aryl methyl sites for hydroxylation is 1. The molecular formula is C18H20N2O2. The average Bonchev–Trinajstić information content (AvgIpc) is 2.56. The molecule has 2 aromatic rings. The molecule has 0 fully saturated rings. The van der Waals surface area contributed by atoms with Crippen molar-refractivity contribution in [2.75, 3.05) is 24.6 Å². The molecule has 0 atom stereocenters. The van der Waals surface area contributed by atoms with E-state index in [2.05, 4.69) is 34.3 Å². The number of hydrogen-bond acceptors (Lipinski definition) is 4. The van der Waals surface area contributed by atoms with E-state index in [9.17, 15) is 0 Å². The summed E-state index contributed by atoms with van der Waals surface area (Å²) >= 11 is 0. The van der Waals surface area contributed by atoms with E-state index in [-0.39, 0.29) is 0 Å². The maximum atomic E-state index is 8.57. The third kappa shape index (κ3) is 3.39. The zero-order valence-corrected chi connectivity index (χ0v) is 12.5. The molecule has 0 saturated heterocycles. The summed E-state index contributed by atoms with van der Waals surface area (Å²) in [6.45, 7) is 2.58. The molecule has 0 aromatic heterocycles. The smallest absolute Gasteiger partial charge is 0.120 e. The summed E-state index contributed by atoms with van der Waals surface area (Å²) in [5.41, 5.74) is 3.58. The Morgan fingerprint density at radius 1 is 1.18 bits per heavy atom. The van der Waals surface area contributed by atoms with Gasteiger partial charge in [-0.2, -0.15) is 0 Å². The van der Waals surface area contributed by atoms with Gasteiger partial charge in [-0.25, -0.2) is 0 Å². The van der Waals surface area contributed by atoms with Crippen LogP contribution in [0.5, 0.6) is 5.75 Å². The summed E-state index contributed by atoms with van der Waals surface area (Å²) in [5.74, 6) is 0.794. The number of para-hydroxylation sites is 1. The minimum atomic E-state index is 0.633. The molecule has 4 heteroatoms. The van der Waals surface area contributed by atoms with Crippen LogP contribution in [0.15, 0.2) is 53.7 Å². The molecule has 0 saturated carbocycles. The maximum Gasteiger partial charge on any atom is 0.120 e. The van der Waals surface area contributed by atoms with Gasteiger partial charge in [-0.15, -0.1) is 0 Å². The van der Waals surface area contributed by atoms with Gasteiger partial charge in [0.05, 0.1) is 12.8 Å². The first-order chi connectivity index (χ1) is 10.9. The monoisotopic (exact) mass is 296 g/mol. The van der Waals surface area contributed by atoms with E-state index >= 15 is 0 Å². The van der Waals surface area contributed by atoms with Crippen LogP contribution in [0.25, 0.3) is 0 Å². The van der Waals surface area contributed by atoms with Crippen LogP contribution in [0.1, 0.15) is 17.5 Å². The van der Waals surface area contributed by atoms with Gasteiger partial charge in [-0.3, -0.25) is 0 Å². The lowest BCUT2D eigenvalue weighted by Gasteiger charge is -2.31. The zero-order chi connectivity index (χ0) is 15.2. The summed E-state index contributed by atoms with van der Waals surface area (Å²) in [6.07, 6.45) is 3.75. The Morgan fingerprint density at radius 3 is 3.00 bits per heavy atom. The molecule has 0 bridgehead atoms. The van der Waals surface area contributed by atoms with Crippen LogP contribution < -0.4 is 9.64 Å². The minimum Gasteiger partial charge on any atom is -0.492 e. The Kier molecular flexibility index (Phi) is 4.59. The highest BCUT2D eigenvalue weighted by atomic mass is 16.5. The summed E-state index contributed by atoms with van der Waals surface area (Å²) in [4.78, 5) is 2.39. The Morgan fingerprint density at radius 2 is 2.09 bits per heavy atom. The normalized spacial score (nSPS) is 14.1. The molecule has 1 aliphatic heterocycles. The Labute approximate surface area is 130 Å². The van der Waals surface area contributed by atoms with Gasteiger partial charge in [-0.05, 0) is 42.2 Å². The lowest BCUT2D eigenvalue weighted by atomic mass is 10.0. The highest BCUT2D eigenvalue weighted by molar-refractivity contribution is 5.79. The fraction of sp³-hybridized carbons (Fsp3) is 0.278. The predicted molar refractivity (Wildman–Crippen MR) is 88.3 cm³/mol. The Bertz CT molecular complexity index is 655. The fourth-order valence-corrected chi connectivity index (χ4v) is 2.87. The van der Waals surface area contributed by atoms with Gasteiger partial charge in [0.2, 0.25) is 0 Å². The molecule has 0 aliphatic carbocycles. The highest BCUT2D eigenvalue weighted by Gasteiger charge is 2.15. The highest BCUT2D eigenvalue weighted by Crippen LogP contribution is 2.26. The van der Waals surface area contributed by atoms with Gasteiger partial charge < -0.3 is 14.8 Å². The van der Waals surface area contributed by atoms with Crippen LogP contribution in [0.4, 0.5) is 5.69 Å². The summed E-state index contributed by atoms with van der Waals surface area (Å²) in [6, 6.07) is 16.1. The number of ether oxygens (including phenoxy) is 1. The molecule has 1 aliphatic rings. The first-order valence-corrected chi connectivity index (χ1v) is 7.60. The van der Waals surface area contributed by atoms with Crippen molar-refractivity contribution in [1.29, 1.82) is 0 Å². The summed E-state index contributed by atoms with van der Waals surface area (Å²) in [7, 11) is 0. The molecule has 0 spiro atoms. The SMILES string of the molecule is ON=Cc1cccc(OCCN2CCCc3ccccc32)c1. The van der Waals surface area contributed by atoms with Crippen LogP contribution in [-0.4, -0.2) is 31.1 Å². The third-order valence-corrected chi connectivity index (χ3v) is 3.90. The molecule has 2 aromatic carbocycles. The van der Waals surface area contributed by atoms with Gasteiger partial charge in [0, 0.05) is 12.2 Å². The van der Waals surface area contributed by atoms with E-state index in [1.54, 1.807) is 0 Å². The van der Waals surface area contributed by atoms with Gasteiger partial charge in [0.1, 0.15) is 12.4 Å².